The minimum atomic E-state index is -0.660. The van der Waals surface area contributed by atoms with Gasteiger partial charge < -0.3 is 20.7 Å². The number of ketones is 2. The second kappa shape index (κ2) is 12.8. The quantitative estimate of drug-likeness (QED) is 0.305. The molecular formula is C31H45N6O5+. The molecule has 1 fully saturated rings. The monoisotopic (exact) mass is 581 g/mol. The minimum absolute atomic E-state index is 0.0166. The number of hydrogen-bond donors (Lipinski definition) is 3. The Bertz CT molecular complexity index is 1350. The summed E-state index contributed by atoms with van der Waals surface area (Å²) in [6, 6.07) is 5.90. The Hall–Kier alpha value is -3.41. The Morgan fingerprint density at radius 1 is 1.07 bits per heavy atom. The number of fused-ring (bicyclic) bond motifs is 2. The first-order valence-electron chi connectivity index (χ1n) is 14.7. The first kappa shape index (κ1) is 31.5. The lowest BCUT2D eigenvalue weighted by Gasteiger charge is -2.35. The molecule has 0 spiro atoms. The standard InChI is InChI=1S/C31H44N6O5/c1-19(32-5)29(40)34-28(31(2,3)4)30(41)33-20-12-14-36(15-13-20)18-23-35(6)24-25(37(23)16-17-42-7)27(39)22-11-9-8-10-21(22)26(24)38/h8-11,19-20,28,32H,12-18H2,1-7H3,(H-,33,34,40,41)/p+1/t19-,28+/m0/s1. The van der Waals surface area contributed by atoms with E-state index in [0.29, 0.717) is 42.2 Å². The van der Waals surface area contributed by atoms with Crippen LogP contribution in [0.1, 0.15) is 78.5 Å². The fraction of sp³-hybridized carbons (Fsp3) is 0.581. The van der Waals surface area contributed by atoms with Crippen LogP contribution in [0.2, 0.25) is 0 Å². The SMILES string of the molecule is CN[C@@H](C)C(=O)N[C@H](C(=O)NC1CCN(Cc2n(CCOC)c3c([n+]2C)C(=O)c2ccccc2C3=O)CC1)C(C)(C)C. The van der Waals surface area contributed by atoms with Crippen LogP contribution in [0, 0.1) is 5.41 Å². The van der Waals surface area contributed by atoms with Crippen molar-refractivity contribution in [2.24, 2.45) is 12.5 Å². The molecule has 0 saturated carbocycles. The van der Waals surface area contributed by atoms with Crippen molar-refractivity contribution in [3.05, 3.63) is 52.6 Å². The molecule has 2 aromatic rings. The molecule has 2 aliphatic rings. The van der Waals surface area contributed by atoms with Crippen LogP contribution < -0.4 is 20.5 Å². The number of amides is 2. The number of hydrogen-bond acceptors (Lipinski definition) is 7. The maximum absolute atomic E-state index is 13.6. The lowest BCUT2D eigenvalue weighted by Crippen LogP contribution is -2.58. The lowest BCUT2D eigenvalue weighted by atomic mass is 9.85. The molecule has 2 amide bonds. The summed E-state index contributed by atoms with van der Waals surface area (Å²) in [6.07, 6.45) is 1.49. The number of aromatic nitrogens is 2. The third kappa shape index (κ3) is 6.33. The van der Waals surface area contributed by atoms with E-state index in [1.807, 2.05) is 37.0 Å². The van der Waals surface area contributed by atoms with Gasteiger partial charge in [0.25, 0.3) is 5.82 Å². The van der Waals surface area contributed by atoms with Gasteiger partial charge in [0.2, 0.25) is 34.8 Å². The van der Waals surface area contributed by atoms with Crippen LogP contribution in [0.25, 0.3) is 0 Å². The van der Waals surface area contributed by atoms with E-state index in [1.54, 1.807) is 45.3 Å². The van der Waals surface area contributed by atoms with E-state index in [-0.39, 0.29) is 29.4 Å². The summed E-state index contributed by atoms with van der Waals surface area (Å²) in [5.74, 6) is 0.176. The largest absolute Gasteiger partial charge is 0.381 e. The molecule has 11 heteroatoms. The van der Waals surface area contributed by atoms with Crippen molar-refractivity contribution in [3.63, 3.8) is 0 Å². The zero-order valence-electron chi connectivity index (χ0n) is 25.9. The first-order chi connectivity index (χ1) is 19.9. The zero-order valence-corrected chi connectivity index (χ0v) is 25.9. The summed E-state index contributed by atoms with van der Waals surface area (Å²) in [5, 5.41) is 8.99. The van der Waals surface area contributed by atoms with Crippen molar-refractivity contribution >= 4 is 23.4 Å². The van der Waals surface area contributed by atoms with E-state index >= 15 is 0 Å². The Balaban J connectivity index is 1.47. The third-order valence-electron chi connectivity index (χ3n) is 8.43. The average molecular weight is 582 g/mol. The molecular weight excluding hydrogens is 536 g/mol. The Morgan fingerprint density at radius 2 is 1.69 bits per heavy atom. The Kier molecular flexibility index (Phi) is 9.64. The van der Waals surface area contributed by atoms with Gasteiger partial charge in [0.15, 0.2) is 0 Å². The van der Waals surface area contributed by atoms with Gasteiger partial charge in [0.1, 0.15) is 19.1 Å². The van der Waals surface area contributed by atoms with Crippen LogP contribution in [0.4, 0.5) is 0 Å². The topological polar surface area (TPSA) is 126 Å². The van der Waals surface area contributed by atoms with Crippen molar-refractivity contribution in [1.82, 2.24) is 25.4 Å². The normalized spacial score (nSPS) is 17.4. The van der Waals surface area contributed by atoms with E-state index in [4.69, 9.17) is 4.74 Å². The fourth-order valence-electron chi connectivity index (χ4n) is 5.76. The van der Waals surface area contributed by atoms with Crippen molar-refractivity contribution in [3.8, 4) is 0 Å². The highest BCUT2D eigenvalue weighted by molar-refractivity contribution is 6.26. The lowest BCUT2D eigenvalue weighted by molar-refractivity contribution is -0.681. The minimum Gasteiger partial charge on any atom is -0.381 e. The number of carbonyl (C=O) groups excluding carboxylic acids is 4. The number of ether oxygens (including phenoxy) is 1. The van der Waals surface area contributed by atoms with E-state index < -0.39 is 17.5 Å². The summed E-state index contributed by atoms with van der Waals surface area (Å²) in [7, 11) is 5.18. The summed E-state index contributed by atoms with van der Waals surface area (Å²) in [6.45, 7) is 10.5. The number of piperidine rings is 1. The number of likely N-dealkylation sites (tertiary alicyclic amines) is 1. The maximum Gasteiger partial charge on any atom is 0.271 e. The number of carbonyl (C=O) groups is 4. The molecule has 1 aliphatic heterocycles. The van der Waals surface area contributed by atoms with Crippen LogP contribution in [-0.2, 0) is 34.5 Å². The number of nitrogens with one attached hydrogen (secondary N) is 3. The van der Waals surface area contributed by atoms with Crippen molar-refractivity contribution in [1.29, 1.82) is 0 Å². The van der Waals surface area contributed by atoms with Gasteiger partial charge in [-0.2, -0.15) is 0 Å². The summed E-state index contributed by atoms with van der Waals surface area (Å²) in [5.41, 5.74) is 1.24. The van der Waals surface area contributed by atoms with Gasteiger partial charge in [0.05, 0.1) is 19.7 Å². The predicted molar refractivity (Wildman–Crippen MR) is 157 cm³/mol. The van der Waals surface area contributed by atoms with E-state index in [2.05, 4.69) is 20.9 Å². The Morgan fingerprint density at radius 3 is 2.26 bits per heavy atom. The van der Waals surface area contributed by atoms with E-state index in [0.717, 1.165) is 31.8 Å². The van der Waals surface area contributed by atoms with Gasteiger partial charge >= 0.3 is 0 Å². The number of imidazole rings is 1. The molecule has 3 N–H and O–H groups in total. The van der Waals surface area contributed by atoms with E-state index in [9.17, 15) is 19.2 Å². The Labute approximate surface area is 248 Å². The molecule has 2 atom stereocenters. The second-order valence-corrected chi connectivity index (χ2v) is 12.4. The molecule has 0 radical (unpaired) electrons. The number of rotatable bonds is 10. The molecule has 1 aromatic heterocycles. The molecule has 0 bridgehead atoms. The van der Waals surface area contributed by atoms with Crippen LogP contribution in [-0.4, -0.2) is 84.8 Å². The molecule has 1 aromatic carbocycles. The molecule has 1 aliphatic carbocycles. The molecule has 11 nitrogen and oxygen atoms in total. The van der Waals surface area contributed by atoms with Crippen molar-refractivity contribution in [2.75, 3.05) is 33.9 Å². The van der Waals surface area contributed by atoms with Gasteiger partial charge in [-0.05, 0) is 32.2 Å². The zero-order chi connectivity index (χ0) is 30.8. The van der Waals surface area contributed by atoms with Crippen LogP contribution in [0.15, 0.2) is 24.3 Å². The van der Waals surface area contributed by atoms with Gasteiger partial charge in [-0.3, -0.25) is 24.1 Å². The van der Waals surface area contributed by atoms with Crippen molar-refractivity contribution in [2.45, 2.75) is 71.8 Å². The van der Waals surface area contributed by atoms with Crippen LogP contribution in [0.5, 0.6) is 0 Å². The fourth-order valence-corrected chi connectivity index (χ4v) is 5.76. The highest BCUT2D eigenvalue weighted by Gasteiger charge is 2.43. The highest BCUT2D eigenvalue weighted by atomic mass is 16.5. The smallest absolute Gasteiger partial charge is 0.271 e. The van der Waals surface area contributed by atoms with Gasteiger partial charge in [-0.1, -0.05) is 45.0 Å². The number of benzene rings is 1. The maximum atomic E-state index is 13.6. The molecule has 2 heterocycles. The number of methoxy groups -OCH3 is 1. The van der Waals surface area contributed by atoms with Gasteiger partial charge in [-0.25, -0.2) is 9.13 Å². The van der Waals surface area contributed by atoms with Crippen LogP contribution in [0.3, 0.4) is 0 Å². The first-order valence-corrected chi connectivity index (χ1v) is 14.7. The summed E-state index contributed by atoms with van der Waals surface area (Å²) < 4.78 is 9.15. The molecule has 42 heavy (non-hydrogen) atoms. The predicted octanol–water partition coefficient (Wildman–Crippen LogP) is 0.954. The molecule has 228 valence electrons. The second-order valence-electron chi connectivity index (χ2n) is 12.4. The summed E-state index contributed by atoms with van der Waals surface area (Å²) in [4.78, 5) is 55.2. The van der Waals surface area contributed by atoms with Gasteiger partial charge in [0, 0.05) is 37.4 Å². The number of likely N-dealkylation sites (N-methyl/N-ethyl adjacent to an activating group) is 1. The highest BCUT2D eigenvalue weighted by Crippen LogP contribution is 2.28. The van der Waals surface area contributed by atoms with E-state index in [1.165, 1.54) is 0 Å². The van der Waals surface area contributed by atoms with Crippen molar-refractivity contribution < 1.29 is 28.5 Å². The molecule has 0 unspecified atom stereocenters. The molecule has 4 rings (SSSR count). The third-order valence-corrected chi connectivity index (χ3v) is 8.43. The summed E-state index contributed by atoms with van der Waals surface area (Å²) >= 11 is 0. The van der Waals surface area contributed by atoms with Crippen LogP contribution >= 0.6 is 0 Å². The van der Waals surface area contributed by atoms with Gasteiger partial charge in [-0.15, -0.1) is 0 Å². The molecule has 1 saturated heterocycles. The average Bonchev–Trinajstić information content (AvgIpc) is 3.24. The number of nitrogens with zero attached hydrogens (tertiary/aromatic N) is 3.